The van der Waals surface area contributed by atoms with Gasteiger partial charge in [-0.1, -0.05) is 29.8 Å². The molecule has 2 heterocycles. The number of benzene rings is 1. The fourth-order valence-electron chi connectivity index (χ4n) is 2.59. The Balaban J connectivity index is 1.66. The van der Waals surface area contributed by atoms with Crippen LogP contribution >= 0.6 is 0 Å². The number of likely N-dealkylation sites (tertiary alicyclic amines) is 1. The smallest absolute Gasteiger partial charge is 0.257 e. The van der Waals surface area contributed by atoms with Crippen molar-refractivity contribution in [1.29, 1.82) is 0 Å². The summed E-state index contributed by atoms with van der Waals surface area (Å²) in [5.74, 6) is 1.60. The van der Waals surface area contributed by atoms with Gasteiger partial charge >= 0.3 is 0 Å². The number of β-amino-alcohol motifs (C(OH)–C–C–N with tert-alkyl or cyclic N) is 1. The maximum absolute atomic E-state index is 9.93. The van der Waals surface area contributed by atoms with Crippen molar-refractivity contribution in [2.24, 2.45) is 5.92 Å². The topological polar surface area (TPSA) is 62.4 Å². The lowest BCUT2D eigenvalue weighted by Gasteiger charge is -2.33. The number of aliphatic hydroxyl groups excluding tert-OH is 1. The van der Waals surface area contributed by atoms with Gasteiger partial charge in [-0.15, -0.1) is 0 Å². The summed E-state index contributed by atoms with van der Waals surface area (Å²) in [6, 6.07) is 8.03. The second-order valence-corrected chi connectivity index (χ2v) is 5.95. The lowest BCUT2D eigenvalue weighted by Crippen LogP contribution is -2.42. The highest BCUT2D eigenvalue weighted by Crippen LogP contribution is 2.20. The van der Waals surface area contributed by atoms with Gasteiger partial charge in [0.2, 0.25) is 0 Å². The van der Waals surface area contributed by atoms with Gasteiger partial charge in [0.1, 0.15) is 0 Å². The molecule has 2 aromatic rings. The summed E-state index contributed by atoms with van der Waals surface area (Å²) in [7, 11) is 0. The fraction of sp³-hybridized carbons (Fsp3) is 0.500. The molecule has 1 aliphatic heterocycles. The molecule has 2 unspecified atom stereocenters. The molecule has 0 bridgehead atoms. The Morgan fingerprint density at radius 1 is 1.33 bits per heavy atom. The third-order valence-corrected chi connectivity index (χ3v) is 4.13. The summed E-state index contributed by atoms with van der Waals surface area (Å²) in [4.78, 5) is 6.62. The van der Waals surface area contributed by atoms with Crippen LogP contribution in [0.25, 0.3) is 11.5 Å². The number of aromatic nitrogens is 2. The van der Waals surface area contributed by atoms with Crippen molar-refractivity contribution in [1.82, 2.24) is 15.0 Å². The second-order valence-electron chi connectivity index (χ2n) is 5.95. The first-order valence-electron chi connectivity index (χ1n) is 7.42. The number of nitrogens with zero attached hydrogens (tertiary/aromatic N) is 3. The third kappa shape index (κ3) is 3.31. The summed E-state index contributed by atoms with van der Waals surface area (Å²) in [6.45, 7) is 6.40. The molecular formula is C16H21N3O2. The van der Waals surface area contributed by atoms with Gasteiger partial charge in [0, 0.05) is 12.1 Å². The van der Waals surface area contributed by atoms with Gasteiger partial charge in [-0.3, -0.25) is 4.90 Å². The summed E-state index contributed by atoms with van der Waals surface area (Å²) < 4.78 is 5.33. The molecule has 1 aliphatic rings. The molecule has 5 heteroatoms. The van der Waals surface area contributed by atoms with Crippen LogP contribution in [0.5, 0.6) is 0 Å². The molecule has 0 amide bonds. The average molecular weight is 287 g/mol. The molecule has 1 aromatic carbocycles. The number of aryl methyl sites for hydroxylation is 1. The molecule has 1 aromatic heterocycles. The number of aliphatic hydroxyl groups is 1. The molecule has 0 saturated carbocycles. The Bertz CT molecular complexity index is 594. The zero-order valence-corrected chi connectivity index (χ0v) is 12.5. The van der Waals surface area contributed by atoms with Crippen molar-refractivity contribution in [3.8, 4) is 11.5 Å². The molecule has 1 fully saturated rings. The zero-order valence-electron chi connectivity index (χ0n) is 12.5. The minimum atomic E-state index is -0.262. The monoisotopic (exact) mass is 287 g/mol. The van der Waals surface area contributed by atoms with Crippen LogP contribution in [0.4, 0.5) is 0 Å². The van der Waals surface area contributed by atoms with E-state index in [1.165, 1.54) is 5.56 Å². The van der Waals surface area contributed by atoms with Gasteiger partial charge in [0.25, 0.3) is 5.89 Å². The number of hydrogen-bond acceptors (Lipinski definition) is 5. The molecule has 0 radical (unpaired) electrons. The van der Waals surface area contributed by atoms with Gasteiger partial charge in [-0.05, 0) is 37.9 Å². The predicted molar refractivity (Wildman–Crippen MR) is 79.5 cm³/mol. The van der Waals surface area contributed by atoms with E-state index in [-0.39, 0.29) is 6.10 Å². The van der Waals surface area contributed by atoms with Crippen LogP contribution in [0.1, 0.15) is 24.7 Å². The molecule has 0 aliphatic carbocycles. The first-order chi connectivity index (χ1) is 10.1. The van der Waals surface area contributed by atoms with Crippen molar-refractivity contribution in [3.05, 3.63) is 35.7 Å². The van der Waals surface area contributed by atoms with Crippen LogP contribution in [-0.2, 0) is 6.54 Å². The van der Waals surface area contributed by atoms with Crippen LogP contribution < -0.4 is 0 Å². The third-order valence-electron chi connectivity index (χ3n) is 4.13. The fourth-order valence-corrected chi connectivity index (χ4v) is 2.59. The van der Waals surface area contributed by atoms with Crippen LogP contribution in [0.15, 0.2) is 28.8 Å². The first kappa shape index (κ1) is 14.2. The van der Waals surface area contributed by atoms with E-state index >= 15 is 0 Å². The first-order valence-corrected chi connectivity index (χ1v) is 7.42. The van der Waals surface area contributed by atoms with E-state index in [2.05, 4.69) is 22.0 Å². The van der Waals surface area contributed by atoms with Gasteiger partial charge in [0.15, 0.2) is 5.82 Å². The Labute approximate surface area is 124 Å². The van der Waals surface area contributed by atoms with E-state index < -0.39 is 0 Å². The largest absolute Gasteiger partial charge is 0.392 e. The summed E-state index contributed by atoms with van der Waals surface area (Å²) in [5, 5.41) is 14.0. The van der Waals surface area contributed by atoms with Crippen molar-refractivity contribution < 1.29 is 9.63 Å². The summed E-state index contributed by atoms with van der Waals surface area (Å²) in [6.07, 6.45) is 0.742. The summed E-state index contributed by atoms with van der Waals surface area (Å²) >= 11 is 0. The van der Waals surface area contributed by atoms with Crippen LogP contribution in [0, 0.1) is 12.8 Å². The number of hydrogen-bond donors (Lipinski definition) is 1. The lowest BCUT2D eigenvalue weighted by atomic mass is 9.96. The van der Waals surface area contributed by atoms with E-state index in [4.69, 9.17) is 4.52 Å². The van der Waals surface area contributed by atoms with Gasteiger partial charge in [0.05, 0.1) is 12.6 Å². The Hall–Kier alpha value is -1.72. The van der Waals surface area contributed by atoms with Crippen LogP contribution in [0.2, 0.25) is 0 Å². The van der Waals surface area contributed by atoms with Crippen molar-refractivity contribution >= 4 is 0 Å². The van der Waals surface area contributed by atoms with E-state index in [0.29, 0.717) is 30.7 Å². The maximum Gasteiger partial charge on any atom is 0.257 e. The molecule has 5 nitrogen and oxygen atoms in total. The van der Waals surface area contributed by atoms with E-state index in [0.717, 1.165) is 18.5 Å². The maximum atomic E-state index is 9.93. The van der Waals surface area contributed by atoms with Gasteiger partial charge < -0.3 is 9.63 Å². The highest BCUT2D eigenvalue weighted by Gasteiger charge is 2.25. The standard InChI is InChI=1S/C16H21N3O2/c1-11-3-5-13(6-4-11)16-17-15(18-21-16)10-19-8-7-12(2)14(20)9-19/h3-6,12,14,20H,7-10H2,1-2H3. The zero-order chi connectivity index (χ0) is 14.8. The Kier molecular flexibility index (Phi) is 4.03. The molecule has 1 saturated heterocycles. The highest BCUT2D eigenvalue weighted by molar-refractivity contribution is 5.53. The lowest BCUT2D eigenvalue weighted by molar-refractivity contribution is 0.0246. The Morgan fingerprint density at radius 2 is 2.10 bits per heavy atom. The van der Waals surface area contributed by atoms with Gasteiger partial charge in [-0.25, -0.2) is 0 Å². The molecular weight excluding hydrogens is 266 g/mol. The molecule has 0 spiro atoms. The normalized spacial score (nSPS) is 23.4. The predicted octanol–water partition coefficient (Wildman–Crippen LogP) is 2.25. The molecule has 21 heavy (non-hydrogen) atoms. The number of rotatable bonds is 3. The number of piperidine rings is 1. The summed E-state index contributed by atoms with van der Waals surface area (Å²) in [5.41, 5.74) is 2.14. The SMILES string of the molecule is Cc1ccc(-c2nc(CN3CCC(C)C(O)C3)no2)cc1. The highest BCUT2D eigenvalue weighted by atomic mass is 16.5. The Morgan fingerprint density at radius 3 is 2.81 bits per heavy atom. The van der Waals surface area contributed by atoms with Crippen molar-refractivity contribution in [3.63, 3.8) is 0 Å². The van der Waals surface area contributed by atoms with E-state index in [1.807, 2.05) is 31.2 Å². The quantitative estimate of drug-likeness (QED) is 0.938. The average Bonchev–Trinajstić information content (AvgIpc) is 2.92. The van der Waals surface area contributed by atoms with E-state index in [9.17, 15) is 5.11 Å². The molecule has 112 valence electrons. The van der Waals surface area contributed by atoms with E-state index in [1.54, 1.807) is 0 Å². The minimum absolute atomic E-state index is 0.262. The second kappa shape index (κ2) is 5.95. The van der Waals surface area contributed by atoms with Crippen molar-refractivity contribution in [2.75, 3.05) is 13.1 Å². The minimum Gasteiger partial charge on any atom is -0.392 e. The van der Waals surface area contributed by atoms with Gasteiger partial charge in [-0.2, -0.15) is 4.98 Å². The molecule has 1 N–H and O–H groups in total. The molecule has 3 rings (SSSR count). The molecule has 2 atom stereocenters. The van der Waals surface area contributed by atoms with Crippen LogP contribution in [0.3, 0.4) is 0 Å². The van der Waals surface area contributed by atoms with Crippen LogP contribution in [-0.4, -0.2) is 39.3 Å². The van der Waals surface area contributed by atoms with Crippen molar-refractivity contribution in [2.45, 2.75) is 32.9 Å².